The zero-order valence-electron chi connectivity index (χ0n) is 14.1. The lowest BCUT2D eigenvalue weighted by atomic mass is 9.93. The molecule has 3 rings (SSSR count). The number of nitrogens with zero attached hydrogens (tertiary/aromatic N) is 1. The molecule has 140 valence electrons. The molecular weight excluding hydrogens is 346 g/mol. The van der Waals surface area contributed by atoms with E-state index in [9.17, 15) is 23.2 Å². The number of barbiturate groups is 1. The minimum atomic E-state index is -1.51. The highest BCUT2D eigenvalue weighted by atomic mass is 19.1. The van der Waals surface area contributed by atoms with Crippen LogP contribution < -0.4 is 5.32 Å². The molecule has 2 saturated heterocycles. The van der Waals surface area contributed by atoms with E-state index in [1.807, 2.05) is 0 Å². The topological polar surface area (TPSA) is 75.7 Å². The summed E-state index contributed by atoms with van der Waals surface area (Å²) < 4.78 is 32.9. The van der Waals surface area contributed by atoms with Gasteiger partial charge in [0.1, 0.15) is 17.9 Å². The van der Waals surface area contributed by atoms with E-state index in [0.29, 0.717) is 31.6 Å². The maximum atomic E-state index is 14.4. The van der Waals surface area contributed by atoms with Crippen LogP contribution in [0.15, 0.2) is 24.3 Å². The van der Waals surface area contributed by atoms with Crippen LogP contribution in [0.5, 0.6) is 0 Å². The second-order valence-electron chi connectivity index (χ2n) is 6.57. The fraction of sp³-hybridized carbons (Fsp3) is 0.500. The molecule has 0 saturated carbocycles. The van der Waals surface area contributed by atoms with Crippen molar-refractivity contribution >= 4 is 17.8 Å². The Balaban J connectivity index is 1.68. The number of amides is 4. The Bertz CT molecular complexity index is 706. The smallest absolute Gasteiger partial charge is 0.331 e. The van der Waals surface area contributed by atoms with E-state index >= 15 is 0 Å². The summed E-state index contributed by atoms with van der Waals surface area (Å²) in [5.74, 6) is -3.20. The molecule has 1 unspecified atom stereocenters. The minimum absolute atomic E-state index is 0.111. The molecule has 0 radical (unpaired) electrons. The average Bonchev–Trinajstić information content (AvgIpc) is 2.59. The molecule has 0 spiro atoms. The average molecular weight is 366 g/mol. The van der Waals surface area contributed by atoms with E-state index < -0.39 is 35.8 Å². The van der Waals surface area contributed by atoms with Gasteiger partial charge in [0.05, 0.1) is 0 Å². The molecule has 2 atom stereocenters. The Morgan fingerprint density at radius 2 is 1.96 bits per heavy atom. The first-order valence-electron chi connectivity index (χ1n) is 8.60. The van der Waals surface area contributed by atoms with Gasteiger partial charge in [0.15, 0.2) is 0 Å². The lowest BCUT2D eigenvalue weighted by molar-refractivity contribution is -0.146. The van der Waals surface area contributed by atoms with E-state index in [4.69, 9.17) is 4.74 Å². The number of urea groups is 1. The number of carbonyl (C=O) groups is 3. The van der Waals surface area contributed by atoms with Crippen molar-refractivity contribution in [2.45, 2.75) is 37.9 Å². The molecule has 4 amide bonds. The third kappa shape index (κ3) is 4.07. The highest BCUT2D eigenvalue weighted by Gasteiger charge is 2.44. The first kappa shape index (κ1) is 18.4. The van der Waals surface area contributed by atoms with Gasteiger partial charge in [0.25, 0.3) is 0 Å². The van der Waals surface area contributed by atoms with E-state index in [1.165, 1.54) is 18.2 Å². The predicted molar refractivity (Wildman–Crippen MR) is 87.3 cm³/mol. The molecule has 0 bridgehead atoms. The van der Waals surface area contributed by atoms with E-state index in [2.05, 4.69) is 5.32 Å². The first-order chi connectivity index (χ1) is 12.5. The molecule has 2 aliphatic rings. The van der Waals surface area contributed by atoms with Gasteiger partial charge in [-0.2, -0.15) is 0 Å². The third-order valence-electron chi connectivity index (χ3n) is 4.69. The zero-order valence-corrected chi connectivity index (χ0v) is 14.1. The molecule has 1 aromatic carbocycles. The fourth-order valence-electron chi connectivity index (χ4n) is 3.39. The van der Waals surface area contributed by atoms with Crippen molar-refractivity contribution in [2.75, 3.05) is 13.2 Å². The van der Waals surface area contributed by atoms with Crippen LogP contribution in [0.25, 0.3) is 0 Å². The molecule has 8 heteroatoms. The second kappa shape index (κ2) is 7.90. The van der Waals surface area contributed by atoms with Crippen molar-refractivity contribution in [3.63, 3.8) is 0 Å². The molecule has 1 N–H and O–H groups in total. The highest BCUT2D eigenvalue weighted by molar-refractivity contribution is 6.16. The Labute approximate surface area is 149 Å². The van der Waals surface area contributed by atoms with Crippen molar-refractivity contribution in [1.82, 2.24) is 10.2 Å². The standard InChI is InChI=1S/C18H20F2N2O4/c19-12-3-1-2-11(8-12)9-13(20)10-15-16(23)21-18(25)22(17(15)24)14-4-6-26-7-5-14/h1-3,8,13-15H,4-7,9-10H2,(H,21,23,25)/t13-,15?/m0/s1. The number of hydrogen-bond donors (Lipinski definition) is 1. The van der Waals surface area contributed by atoms with Crippen molar-refractivity contribution in [3.8, 4) is 0 Å². The number of imide groups is 2. The largest absolute Gasteiger partial charge is 0.381 e. The number of carbonyl (C=O) groups excluding carboxylic acids is 3. The van der Waals surface area contributed by atoms with Gasteiger partial charge in [-0.3, -0.25) is 19.8 Å². The number of ether oxygens (including phenoxy) is 1. The normalized spacial score (nSPS) is 23.1. The number of hydrogen-bond acceptors (Lipinski definition) is 4. The molecule has 2 fully saturated rings. The van der Waals surface area contributed by atoms with Gasteiger partial charge in [-0.05, 0) is 37.0 Å². The molecular formula is C18H20F2N2O4. The van der Waals surface area contributed by atoms with Gasteiger partial charge in [-0.25, -0.2) is 13.6 Å². The van der Waals surface area contributed by atoms with Gasteiger partial charge in [0, 0.05) is 25.7 Å². The molecule has 0 aliphatic carbocycles. The molecule has 0 aromatic heterocycles. The fourth-order valence-corrected chi connectivity index (χ4v) is 3.39. The van der Waals surface area contributed by atoms with E-state index in [0.717, 1.165) is 4.90 Å². The van der Waals surface area contributed by atoms with E-state index in [-0.39, 0.29) is 18.9 Å². The van der Waals surface area contributed by atoms with Gasteiger partial charge < -0.3 is 4.74 Å². The van der Waals surface area contributed by atoms with Crippen molar-refractivity contribution in [3.05, 3.63) is 35.6 Å². The molecule has 6 nitrogen and oxygen atoms in total. The van der Waals surface area contributed by atoms with Crippen LogP contribution in [-0.4, -0.2) is 48.2 Å². The molecule has 1 aromatic rings. The maximum Gasteiger partial charge on any atom is 0.331 e. The first-order valence-corrected chi connectivity index (χ1v) is 8.60. The molecule has 2 aliphatic heterocycles. The SMILES string of the molecule is O=C1NC(=O)N(C2CCOCC2)C(=O)C1C[C@@H](F)Cc1cccc(F)c1. The van der Waals surface area contributed by atoms with Crippen LogP contribution in [0.1, 0.15) is 24.8 Å². The Morgan fingerprint density at radius 3 is 2.65 bits per heavy atom. The van der Waals surface area contributed by atoms with Crippen LogP contribution in [0.3, 0.4) is 0 Å². The van der Waals surface area contributed by atoms with Gasteiger partial charge >= 0.3 is 6.03 Å². The molecule has 26 heavy (non-hydrogen) atoms. The summed E-state index contributed by atoms with van der Waals surface area (Å²) in [4.78, 5) is 37.8. The number of halogens is 2. The van der Waals surface area contributed by atoms with Gasteiger partial charge in [-0.15, -0.1) is 0 Å². The Kier molecular flexibility index (Phi) is 5.61. The second-order valence-corrected chi connectivity index (χ2v) is 6.57. The number of benzene rings is 1. The summed E-state index contributed by atoms with van der Waals surface area (Å²) >= 11 is 0. The minimum Gasteiger partial charge on any atom is -0.381 e. The number of nitrogens with one attached hydrogen (secondary N) is 1. The molecule has 2 heterocycles. The summed E-state index contributed by atoms with van der Waals surface area (Å²) in [7, 11) is 0. The predicted octanol–water partition coefficient (Wildman–Crippen LogP) is 1.97. The lowest BCUT2D eigenvalue weighted by Gasteiger charge is -2.37. The van der Waals surface area contributed by atoms with Gasteiger partial charge in [-0.1, -0.05) is 12.1 Å². The van der Waals surface area contributed by atoms with E-state index in [1.54, 1.807) is 6.07 Å². The van der Waals surface area contributed by atoms with Crippen LogP contribution in [0.2, 0.25) is 0 Å². The lowest BCUT2D eigenvalue weighted by Crippen LogP contribution is -2.62. The monoisotopic (exact) mass is 366 g/mol. The summed E-state index contributed by atoms with van der Waals surface area (Å²) in [5.41, 5.74) is 0.443. The Morgan fingerprint density at radius 1 is 1.23 bits per heavy atom. The summed E-state index contributed by atoms with van der Waals surface area (Å²) in [5, 5.41) is 2.15. The quantitative estimate of drug-likeness (QED) is 0.809. The van der Waals surface area contributed by atoms with Gasteiger partial charge in [0.2, 0.25) is 11.8 Å². The van der Waals surface area contributed by atoms with Crippen LogP contribution in [-0.2, 0) is 20.7 Å². The number of rotatable bonds is 5. The van der Waals surface area contributed by atoms with Crippen LogP contribution in [0.4, 0.5) is 13.6 Å². The maximum absolute atomic E-state index is 14.4. The van der Waals surface area contributed by atoms with Crippen LogP contribution >= 0.6 is 0 Å². The Hall–Kier alpha value is -2.35. The highest BCUT2D eigenvalue weighted by Crippen LogP contribution is 2.24. The van der Waals surface area contributed by atoms with Crippen LogP contribution in [0, 0.1) is 11.7 Å². The summed E-state index contributed by atoms with van der Waals surface area (Å²) in [6, 6.07) is 4.41. The zero-order chi connectivity index (χ0) is 18.7. The van der Waals surface area contributed by atoms with Crippen molar-refractivity contribution < 1.29 is 27.9 Å². The van der Waals surface area contributed by atoms with Crippen molar-refractivity contribution in [1.29, 1.82) is 0 Å². The summed E-state index contributed by atoms with van der Waals surface area (Å²) in [6.07, 6.45) is -1.000. The number of alkyl halides is 1. The van der Waals surface area contributed by atoms with Crippen molar-refractivity contribution in [2.24, 2.45) is 5.92 Å². The third-order valence-corrected chi connectivity index (χ3v) is 4.69. The summed E-state index contributed by atoms with van der Waals surface area (Å²) in [6.45, 7) is 0.845.